The van der Waals surface area contributed by atoms with Crippen molar-refractivity contribution < 1.29 is 4.42 Å². The molecule has 0 atom stereocenters. The van der Waals surface area contributed by atoms with Gasteiger partial charge in [0.2, 0.25) is 0 Å². The molecule has 0 fully saturated rings. The van der Waals surface area contributed by atoms with E-state index in [1.807, 2.05) is 18.2 Å². The van der Waals surface area contributed by atoms with Gasteiger partial charge in [-0.3, -0.25) is 4.98 Å². The second-order valence-electron chi connectivity index (χ2n) is 4.58. The van der Waals surface area contributed by atoms with Gasteiger partial charge in [0.15, 0.2) is 5.58 Å². The minimum Gasteiger partial charge on any atom is -0.408 e. The van der Waals surface area contributed by atoms with E-state index in [0.717, 1.165) is 43.6 Å². The molecule has 3 N–H and O–H groups in total. The highest BCUT2D eigenvalue weighted by atomic mass is 16.4. The minimum absolute atomic E-state index is 0.404. The maximum Gasteiger partial charge on any atom is 0.417 e. The van der Waals surface area contributed by atoms with Crippen LogP contribution in [-0.2, 0) is 6.54 Å². The summed E-state index contributed by atoms with van der Waals surface area (Å²) in [5, 5.41) is 0. The third-order valence-corrected chi connectivity index (χ3v) is 2.93. The van der Waals surface area contributed by atoms with Crippen LogP contribution in [0.25, 0.3) is 11.1 Å². The Morgan fingerprint density at radius 2 is 2.22 bits per heavy atom. The maximum atomic E-state index is 11.1. The van der Waals surface area contributed by atoms with Gasteiger partial charge in [-0.05, 0) is 50.7 Å². The molecule has 5 nitrogen and oxygen atoms in total. The van der Waals surface area contributed by atoms with Gasteiger partial charge in [0.25, 0.3) is 0 Å². The zero-order valence-electron chi connectivity index (χ0n) is 10.6. The summed E-state index contributed by atoms with van der Waals surface area (Å²) >= 11 is 0. The first kappa shape index (κ1) is 12.9. The lowest BCUT2D eigenvalue weighted by Gasteiger charge is -2.16. The molecule has 2 rings (SSSR count). The Balaban J connectivity index is 2.00. The molecular weight excluding hydrogens is 230 g/mol. The van der Waals surface area contributed by atoms with E-state index < -0.39 is 5.76 Å². The Kier molecular flexibility index (Phi) is 4.17. The molecule has 0 saturated heterocycles. The van der Waals surface area contributed by atoms with Gasteiger partial charge in [0.1, 0.15) is 0 Å². The topological polar surface area (TPSA) is 75.3 Å². The fraction of sp³-hybridized carbons (Fsp3) is 0.462. The molecule has 0 unspecified atom stereocenters. The van der Waals surface area contributed by atoms with Crippen molar-refractivity contribution in [3.63, 3.8) is 0 Å². The summed E-state index contributed by atoms with van der Waals surface area (Å²) in [5.74, 6) is -0.404. The van der Waals surface area contributed by atoms with Crippen LogP contribution in [0, 0.1) is 0 Å². The summed E-state index contributed by atoms with van der Waals surface area (Å²) in [4.78, 5) is 15.9. The van der Waals surface area contributed by atoms with Crippen LogP contribution in [-0.4, -0.2) is 30.0 Å². The Morgan fingerprint density at radius 1 is 1.39 bits per heavy atom. The van der Waals surface area contributed by atoms with Crippen molar-refractivity contribution >= 4 is 11.1 Å². The molecule has 1 heterocycles. The summed E-state index contributed by atoms with van der Waals surface area (Å²) in [5.41, 5.74) is 7.97. The highest BCUT2D eigenvalue weighted by molar-refractivity contribution is 5.72. The number of aromatic nitrogens is 1. The second kappa shape index (κ2) is 5.84. The number of aromatic amines is 1. The largest absolute Gasteiger partial charge is 0.417 e. The second-order valence-corrected chi connectivity index (χ2v) is 4.58. The van der Waals surface area contributed by atoms with Crippen molar-refractivity contribution in [2.75, 3.05) is 20.1 Å². The van der Waals surface area contributed by atoms with Gasteiger partial charge in [0, 0.05) is 6.54 Å². The van der Waals surface area contributed by atoms with Gasteiger partial charge in [0.05, 0.1) is 5.52 Å². The fourth-order valence-electron chi connectivity index (χ4n) is 2.00. The Labute approximate surface area is 106 Å². The van der Waals surface area contributed by atoms with E-state index in [9.17, 15) is 4.79 Å². The van der Waals surface area contributed by atoms with E-state index in [2.05, 4.69) is 16.9 Å². The average molecular weight is 249 g/mol. The first-order valence-corrected chi connectivity index (χ1v) is 6.19. The SMILES string of the molecule is CN(CCCCN)Cc1ccc2[nH]c(=O)oc2c1. The molecule has 0 spiro atoms. The molecule has 2 aromatic rings. The molecule has 0 amide bonds. The van der Waals surface area contributed by atoms with Crippen LogP contribution in [0.1, 0.15) is 18.4 Å². The molecule has 1 aromatic heterocycles. The highest BCUT2D eigenvalue weighted by Crippen LogP contribution is 2.13. The number of nitrogens with one attached hydrogen (secondary N) is 1. The highest BCUT2D eigenvalue weighted by Gasteiger charge is 2.04. The zero-order valence-corrected chi connectivity index (χ0v) is 10.6. The monoisotopic (exact) mass is 249 g/mol. The van der Waals surface area contributed by atoms with Crippen LogP contribution in [0.4, 0.5) is 0 Å². The maximum absolute atomic E-state index is 11.1. The molecule has 5 heteroatoms. The van der Waals surface area contributed by atoms with Crippen molar-refractivity contribution in [3.8, 4) is 0 Å². The van der Waals surface area contributed by atoms with E-state index in [0.29, 0.717) is 5.58 Å². The molecule has 0 aliphatic carbocycles. The predicted octanol–water partition coefficient (Wildman–Crippen LogP) is 1.29. The Morgan fingerprint density at radius 3 is 3.00 bits per heavy atom. The molecule has 1 aromatic carbocycles. The summed E-state index contributed by atoms with van der Waals surface area (Å²) in [6, 6.07) is 5.79. The van der Waals surface area contributed by atoms with Gasteiger partial charge in [-0.25, -0.2) is 4.79 Å². The van der Waals surface area contributed by atoms with Crippen LogP contribution in [0.3, 0.4) is 0 Å². The van der Waals surface area contributed by atoms with E-state index in [1.165, 1.54) is 0 Å². The van der Waals surface area contributed by atoms with Gasteiger partial charge in [-0.2, -0.15) is 0 Å². The van der Waals surface area contributed by atoms with Crippen molar-refractivity contribution in [2.45, 2.75) is 19.4 Å². The molecule has 0 bridgehead atoms. The zero-order chi connectivity index (χ0) is 13.0. The van der Waals surface area contributed by atoms with E-state index in [4.69, 9.17) is 10.2 Å². The van der Waals surface area contributed by atoms with Crippen LogP contribution >= 0.6 is 0 Å². The third kappa shape index (κ3) is 3.21. The number of rotatable bonds is 6. The Hall–Kier alpha value is -1.59. The lowest BCUT2D eigenvalue weighted by atomic mass is 10.2. The van der Waals surface area contributed by atoms with Crippen molar-refractivity contribution in [1.82, 2.24) is 9.88 Å². The van der Waals surface area contributed by atoms with Crippen LogP contribution in [0.15, 0.2) is 27.4 Å². The van der Waals surface area contributed by atoms with E-state index in [1.54, 1.807) is 0 Å². The predicted molar refractivity (Wildman–Crippen MR) is 71.5 cm³/mol. The van der Waals surface area contributed by atoms with E-state index >= 15 is 0 Å². The standard InChI is InChI=1S/C13H19N3O2/c1-16(7-3-2-6-14)9-10-4-5-11-12(8-10)18-13(17)15-11/h4-5,8H,2-3,6-7,9,14H2,1H3,(H,15,17). The number of nitrogens with two attached hydrogens (primary N) is 1. The molecule has 0 aliphatic heterocycles. The smallest absolute Gasteiger partial charge is 0.408 e. The first-order valence-electron chi connectivity index (χ1n) is 6.19. The van der Waals surface area contributed by atoms with Crippen LogP contribution in [0.2, 0.25) is 0 Å². The fourth-order valence-corrected chi connectivity index (χ4v) is 2.00. The number of nitrogens with zero attached hydrogens (tertiary/aromatic N) is 1. The van der Waals surface area contributed by atoms with Crippen molar-refractivity contribution in [2.24, 2.45) is 5.73 Å². The molecule has 0 radical (unpaired) electrons. The number of fused-ring (bicyclic) bond motifs is 1. The lowest BCUT2D eigenvalue weighted by molar-refractivity contribution is 0.319. The molecule has 98 valence electrons. The normalized spacial score (nSPS) is 11.5. The van der Waals surface area contributed by atoms with Crippen LogP contribution in [0.5, 0.6) is 0 Å². The lowest BCUT2D eigenvalue weighted by Crippen LogP contribution is -2.19. The number of benzene rings is 1. The van der Waals surface area contributed by atoms with E-state index in [-0.39, 0.29) is 0 Å². The van der Waals surface area contributed by atoms with Crippen LogP contribution < -0.4 is 11.5 Å². The van der Waals surface area contributed by atoms with Gasteiger partial charge in [-0.1, -0.05) is 6.07 Å². The molecule has 0 aliphatic rings. The van der Waals surface area contributed by atoms with Crippen molar-refractivity contribution in [1.29, 1.82) is 0 Å². The quantitative estimate of drug-likeness (QED) is 0.756. The summed E-state index contributed by atoms with van der Waals surface area (Å²) < 4.78 is 5.04. The first-order chi connectivity index (χ1) is 8.69. The summed E-state index contributed by atoms with van der Waals surface area (Å²) in [6.45, 7) is 2.61. The van der Waals surface area contributed by atoms with Gasteiger partial charge in [-0.15, -0.1) is 0 Å². The van der Waals surface area contributed by atoms with Crippen molar-refractivity contribution in [3.05, 3.63) is 34.3 Å². The Bertz CT molecular complexity index is 559. The average Bonchev–Trinajstić information content (AvgIpc) is 2.69. The number of hydrogen-bond donors (Lipinski definition) is 2. The number of unbranched alkanes of at least 4 members (excludes halogenated alkanes) is 1. The minimum atomic E-state index is -0.404. The third-order valence-electron chi connectivity index (χ3n) is 2.93. The number of hydrogen-bond acceptors (Lipinski definition) is 4. The summed E-state index contributed by atoms with van der Waals surface area (Å²) in [7, 11) is 2.08. The molecular formula is C13H19N3O2. The number of oxazole rings is 1. The van der Waals surface area contributed by atoms with Gasteiger partial charge < -0.3 is 15.1 Å². The molecule has 18 heavy (non-hydrogen) atoms. The number of H-pyrrole nitrogens is 1. The molecule has 0 saturated carbocycles. The summed E-state index contributed by atoms with van der Waals surface area (Å²) in [6.07, 6.45) is 2.16. The van der Waals surface area contributed by atoms with Gasteiger partial charge >= 0.3 is 5.76 Å².